The zero-order chi connectivity index (χ0) is 20.1. The summed E-state index contributed by atoms with van der Waals surface area (Å²) in [5.74, 6) is -1.14. The summed E-state index contributed by atoms with van der Waals surface area (Å²) in [6.45, 7) is 2.73. The molecule has 2 N–H and O–H groups in total. The van der Waals surface area contributed by atoms with Crippen LogP contribution in [0.2, 0.25) is 0 Å². The van der Waals surface area contributed by atoms with Gasteiger partial charge in [0.05, 0.1) is 17.6 Å². The Morgan fingerprint density at radius 3 is 2.93 bits per heavy atom. The van der Waals surface area contributed by atoms with E-state index >= 15 is 0 Å². The van der Waals surface area contributed by atoms with E-state index in [-0.39, 0.29) is 18.4 Å². The lowest BCUT2D eigenvalue weighted by atomic mass is 10.1. The number of carboxylic acids is 1. The molecule has 3 rings (SSSR count). The number of aliphatic carboxylic acids is 1. The molecule has 1 aliphatic heterocycles. The Kier molecular flexibility index (Phi) is 6.38. The first-order chi connectivity index (χ1) is 13.4. The fraction of sp³-hybridized carbons (Fsp3) is 0.381. The van der Waals surface area contributed by atoms with Gasteiger partial charge in [-0.15, -0.1) is 0 Å². The number of pyridine rings is 1. The summed E-state index contributed by atoms with van der Waals surface area (Å²) in [5.41, 5.74) is 5.45. The molecule has 7 heteroatoms. The third kappa shape index (κ3) is 5.15. The molecule has 1 aliphatic rings. The van der Waals surface area contributed by atoms with Crippen LogP contribution in [0, 0.1) is 0 Å². The van der Waals surface area contributed by atoms with Crippen LogP contribution in [0.3, 0.4) is 0 Å². The predicted octanol–water partition coefficient (Wildman–Crippen LogP) is 2.93. The van der Waals surface area contributed by atoms with Crippen molar-refractivity contribution in [1.82, 2.24) is 15.4 Å². The molecule has 1 saturated heterocycles. The first-order valence-electron chi connectivity index (χ1n) is 9.39. The number of carbonyl (C=O) groups excluding carboxylic acids is 1. The van der Waals surface area contributed by atoms with Crippen LogP contribution in [-0.4, -0.2) is 46.7 Å². The molecule has 28 heavy (non-hydrogen) atoms. The normalized spacial score (nSPS) is 19.0. The molecule has 1 fully saturated rings. The number of nitrogens with zero attached hydrogens (tertiary/aromatic N) is 2. The van der Waals surface area contributed by atoms with Gasteiger partial charge in [0.2, 0.25) is 0 Å². The second-order valence-electron chi connectivity index (χ2n) is 7.01. The van der Waals surface area contributed by atoms with Gasteiger partial charge in [0.1, 0.15) is 12.1 Å². The Balaban J connectivity index is 1.71. The second kappa shape index (κ2) is 8.95. The van der Waals surface area contributed by atoms with E-state index in [1.165, 1.54) is 0 Å². The molecular formula is C21H25N3O4. The van der Waals surface area contributed by atoms with Gasteiger partial charge in [-0.25, -0.2) is 15.4 Å². The predicted molar refractivity (Wildman–Crippen MR) is 106 cm³/mol. The van der Waals surface area contributed by atoms with Gasteiger partial charge in [0.15, 0.2) is 0 Å². The standard InChI is InChI=1S/C21H25N3O4/c1-14(28-21(27)18-6-4-12-24(2)23-18)17-11-10-16-9-8-15(13-19(16)22-17)5-3-7-20(25)26/h3,5,8-11,13-14,18,23H,4,6-7,12H2,1-2H3,(H,25,26)/b5-3+/t14-,18+/m1/s1. The lowest BCUT2D eigenvalue weighted by Gasteiger charge is -2.30. The minimum Gasteiger partial charge on any atom is -0.481 e. The molecule has 0 aliphatic carbocycles. The van der Waals surface area contributed by atoms with E-state index in [0.717, 1.165) is 35.9 Å². The van der Waals surface area contributed by atoms with Crippen molar-refractivity contribution in [2.45, 2.75) is 38.3 Å². The molecule has 0 amide bonds. The van der Waals surface area contributed by atoms with Crippen molar-refractivity contribution in [2.24, 2.45) is 0 Å². The van der Waals surface area contributed by atoms with Crippen LogP contribution in [0.4, 0.5) is 0 Å². The van der Waals surface area contributed by atoms with E-state index < -0.39 is 12.1 Å². The van der Waals surface area contributed by atoms with E-state index in [1.54, 1.807) is 12.2 Å². The van der Waals surface area contributed by atoms with Crippen LogP contribution in [0.1, 0.15) is 43.5 Å². The molecule has 2 aromatic rings. The van der Waals surface area contributed by atoms with Crippen LogP contribution in [0.25, 0.3) is 17.0 Å². The first-order valence-corrected chi connectivity index (χ1v) is 9.39. The van der Waals surface area contributed by atoms with Crippen LogP contribution in [0.15, 0.2) is 36.4 Å². The van der Waals surface area contributed by atoms with Gasteiger partial charge in [0, 0.05) is 19.0 Å². The molecule has 0 radical (unpaired) electrons. The average Bonchev–Trinajstić information content (AvgIpc) is 2.67. The van der Waals surface area contributed by atoms with Gasteiger partial charge in [0.25, 0.3) is 0 Å². The number of ether oxygens (including phenoxy) is 1. The summed E-state index contributed by atoms with van der Waals surface area (Å²) < 4.78 is 5.62. The Hall–Kier alpha value is -2.77. The lowest BCUT2D eigenvalue weighted by molar-refractivity contribution is -0.154. The van der Waals surface area contributed by atoms with Crippen molar-refractivity contribution in [3.05, 3.63) is 47.7 Å². The fourth-order valence-corrected chi connectivity index (χ4v) is 3.19. The highest BCUT2D eigenvalue weighted by Gasteiger charge is 2.26. The van der Waals surface area contributed by atoms with Gasteiger partial charge in [-0.05, 0) is 37.5 Å². The SMILES string of the molecule is C[C@@H](OC(=O)[C@@H]1CCCN(C)N1)c1ccc2ccc(/C=C/CC(=O)O)cc2n1. The maximum Gasteiger partial charge on any atom is 0.325 e. The highest BCUT2D eigenvalue weighted by molar-refractivity contribution is 5.82. The van der Waals surface area contributed by atoms with Gasteiger partial charge < -0.3 is 9.84 Å². The maximum atomic E-state index is 12.4. The van der Waals surface area contributed by atoms with Crippen LogP contribution >= 0.6 is 0 Å². The maximum absolute atomic E-state index is 12.4. The number of hydrazine groups is 1. The Bertz CT molecular complexity index is 896. The minimum atomic E-state index is -0.869. The summed E-state index contributed by atoms with van der Waals surface area (Å²) in [6, 6.07) is 9.22. The number of carbonyl (C=O) groups is 2. The summed E-state index contributed by atoms with van der Waals surface area (Å²) in [5, 5.41) is 11.6. The van der Waals surface area contributed by atoms with E-state index in [1.807, 2.05) is 49.3 Å². The largest absolute Gasteiger partial charge is 0.481 e. The molecule has 2 atom stereocenters. The fourth-order valence-electron chi connectivity index (χ4n) is 3.19. The second-order valence-corrected chi connectivity index (χ2v) is 7.01. The van der Waals surface area contributed by atoms with Gasteiger partial charge >= 0.3 is 11.9 Å². The number of hydrogen-bond acceptors (Lipinski definition) is 6. The van der Waals surface area contributed by atoms with Gasteiger partial charge in [-0.1, -0.05) is 30.4 Å². The van der Waals surface area contributed by atoms with Gasteiger partial charge in [-0.2, -0.15) is 0 Å². The number of fused-ring (bicyclic) bond motifs is 1. The van der Waals surface area contributed by atoms with E-state index in [2.05, 4.69) is 10.4 Å². The van der Waals surface area contributed by atoms with E-state index in [9.17, 15) is 9.59 Å². The molecule has 2 heterocycles. The molecule has 1 aromatic heterocycles. The molecule has 148 valence electrons. The number of hydrogen-bond donors (Lipinski definition) is 2. The van der Waals surface area contributed by atoms with Crippen LogP contribution < -0.4 is 5.43 Å². The minimum absolute atomic E-state index is 0.0249. The highest BCUT2D eigenvalue weighted by atomic mass is 16.5. The van der Waals surface area contributed by atoms with Crippen LogP contribution in [0.5, 0.6) is 0 Å². The van der Waals surface area contributed by atoms with Crippen molar-refractivity contribution in [2.75, 3.05) is 13.6 Å². The smallest absolute Gasteiger partial charge is 0.325 e. The van der Waals surface area contributed by atoms with Crippen LogP contribution in [-0.2, 0) is 14.3 Å². The van der Waals surface area contributed by atoms with Gasteiger partial charge in [-0.3, -0.25) is 9.59 Å². The third-order valence-corrected chi connectivity index (χ3v) is 4.70. The van der Waals surface area contributed by atoms with Crippen molar-refractivity contribution in [3.8, 4) is 0 Å². The van der Waals surface area contributed by atoms with Crippen molar-refractivity contribution in [1.29, 1.82) is 0 Å². The zero-order valence-electron chi connectivity index (χ0n) is 16.1. The number of rotatable bonds is 6. The summed E-state index contributed by atoms with van der Waals surface area (Å²) in [7, 11) is 1.91. The molecule has 0 saturated carbocycles. The number of aromatic nitrogens is 1. The number of carboxylic acid groups (broad SMARTS) is 1. The quantitative estimate of drug-likeness (QED) is 0.741. The van der Waals surface area contributed by atoms with Crippen molar-refractivity contribution >= 4 is 28.9 Å². The Labute approximate surface area is 164 Å². The Morgan fingerprint density at radius 2 is 2.18 bits per heavy atom. The Morgan fingerprint density at radius 1 is 1.39 bits per heavy atom. The molecule has 0 unspecified atom stereocenters. The number of benzene rings is 1. The summed E-state index contributed by atoms with van der Waals surface area (Å²) in [6.07, 6.45) is 4.58. The zero-order valence-corrected chi connectivity index (χ0v) is 16.1. The molecule has 1 aromatic carbocycles. The third-order valence-electron chi connectivity index (χ3n) is 4.70. The molecule has 0 spiro atoms. The molecule has 7 nitrogen and oxygen atoms in total. The summed E-state index contributed by atoms with van der Waals surface area (Å²) >= 11 is 0. The highest BCUT2D eigenvalue weighted by Crippen LogP contribution is 2.22. The lowest BCUT2D eigenvalue weighted by Crippen LogP contribution is -2.51. The van der Waals surface area contributed by atoms with E-state index in [4.69, 9.17) is 9.84 Å². The monoisotopic (exact) mass is 383 g/mol. The average molecular weight is 383 g/mol. The molecule has 0 bridgehead atoms. The number of esters is 1. The first kappa shape index (κ1) is 20.0. The number of nitrogens with one attached hydrogen (secondary N) is 1. The van der Waals surface area contributed by atoms with E-state index in [0.29, 0.717) is 5.69 Å². The summed E-state index contributed by atoms with van der Waals surface area (Å²) in [4.78, 5) is 27.7. The topological polar surface area (TPSA) is 91.8 Å². The van der Waals surface area contributed by atoms with Crippen molar-refractivity contribution in [3.63, 3.8) is 0 Å². The van der Waals surface area contributed by atoms with Crippen molar-refractivity contribution < 1.29 is 19.4 Å². The molecular weight excluding hydrogens is 358 g/mol.